The average molecular weight is 365 g/mol. The van der Waals surface area contributed by atoms with Gasteiger partial charge in [-0.25, -0.2) is 13.2 Å². The van der Waals surface area contributed by atoms with Gasteiger partial charge in [0.15, 0.2) is 0 Å². The molecular formula is C14H10BrClF3N. The average Bonchev–Trinajstić information content (AvgIpc) is 2.37. The zero-order valence-electron chi connectivity index (χ0n) is 10.1. The van der Waals surface area contributed by atoms with Crippen molar-refractivity contribution in [2.24, 2.45) is 5.73 Å². The highest BCUT2D eigenvalue weighted by Gasteiger charge is 2.16. The highest BCUT2D eigenvalue weighted by Crippen LogP contribution is 2.27. The lowest BCUT2D eigenvalue weighted by molar-refractivity contribution is 0.560. The van der Waals surface area contributed by atoms with Crippen molar-refractivity contribution in [1.29, 1.82) is 0 Å². The fourth-order valence-electron chi connectivity index (χ4n) is 1.86. The van der Waals surface area contributed by atoms with Gasteiger partial charge in [-0.15, -0.1) is 0 Å². The first kappa shape index (κ1) is 15.4. The summed E-state index contributed by atoms with van der Waals surface area (Å²) in [7, 11) is 0. The molecule has 2 N–H and O–H groups in total. The van der Waals surface area contributed by atoms with Crippen molar-refractivity contribution in [3.63, 3.8) is 0 Å². The molecular weight excluding hydrogens is 355 g/mol. The summed E-state index contributed by atoms with van der Waals surface area (Å²) in [5, 5.41) is -0.290. The summed E-state index contributed by atoms with van der Waals surface area (Å²) in [6, 6.07) is 5.24. The first-order valence-corrected chi connectivity index (χ1v) is 6.89. The summed E-state index contributed by atoms with van der Waals surface area (Å²) < 4.78 is 40.6. The molecule has 1 atom stereocenters. The quantitative estimate of drug-likeness (QED) is 0.781. The Morgan fingerprint density at radius 3 is 2.45 bits per heavy atom. The van der Waals surface area contributed by atoms with E-state index in [-0.39, 0.29) is 17.0 Å². The third-order valence-electron chi connectivity index (χ3n) is 2.89. The summed E-state index contributed by atoms with van der Waals surface area (Å²) >= 11 is 8.70. The van der Waals surface area contributed by atoms with E-state index in [1.165, 1.54) is 12.1 Å². The maximum Gasteiger partial charge on any atom is 0.142 e. The zero-order chi connectivity index (χ0) is 14.9. The molecule has 0 heterocycles. The molecule has 0 amide bonds. The maximum absolute atomic E-state index is 13.7. The Morgan fingerprint density at radius 1 is 1.10 bits per heavy atom. The van der Waals surface area contributed by atoms with Crippen molar-refractivity contribution in [3.8, 4) is 0 Å². The Labute approximate surface area is 127 Å². The van der Waals surface area contributed by atoms with Gasteiger partial charge in [-0.2, -0.15) is 0 Å². The number of rotatable bonds is 3. The van der Waals surface area contributed by atoms with E-state index in [0.717, 1.165) is 12.1 Å². The molecule has 0 spiro atoms. The molecule has 0 bridgehead atoms. The fraction of sp³-hybridized carbons (Fsp3) is 0.143. The van der Waals surface area contributed by atoms with Crippen LogP contribution in [-0.4, -0.2) is 0 Å². The number of hydrogen-bond donors (Lipinski definition) is 1. The van der Waals surface area contributed by atoms with E-state index in [4.69, 9.17) is 17.3 Å². The van der Waals surface area contributed by atoms with Crippen molar-refractivity contribution >= 4 is 27.5 Å². The predicted molar refractivity (Wildman–Crippen MR) is 76.1 cm³/mol. The minimum atomic E-state index is -0.761. The first-order valence-electron chi connectivity index (χ1n) is 5.72. The Hall–Kier alpha value is -1.04. The smallest absolute Gasteiger partial charge is 0.142 e. The SMILES string of the molecule is NC(Cc1ccc(F)cc1Br)c1cc(F)c(Cl)cc1F. The summed E-state index contributed by atoms with van der Waals surface area (Å²) in [5.74, 6) is -1.78. The second-order valence-electron chi connectivity index (χ2n) is 4.33. The van der Waals surface area contributed by atoms with Crippen LogP contribution in [0.25, 0.3) is 0 Å². The second-order valence-corrected chi connectivity index (χ2v) is 5.60. The van der Waals surface area contributed by atoms with Crippen LogP contribution in [0.4, 0.5) is 13.2 Å². The molecule has 1 nitrogen and oxygen atoms in total. The highest BCUT2D eigenvalue weighted by molar-refractivity contribution is 9.10. The molecule has 0 aliphatic rings. The Morgan fingerprint density at radius 2 is 1.80 bits per heavy atom. The van der Waals surface area contributed by atoms with Crippen LogP contribution in [0, 0.1) is 17.5 Å². The van der Waals surface area contributed by atoms with E-state index in [1.807, 2.05) is 0 Å². The van der Waals surface area contributed by atoms with Crippen molar-refractivity contribution in [1.82, 2.24) is 0 Å². The topological polar surface area (TPSA) is 26.0 Å². The number of nitrogens with two attached hydrogens (primary N) is 1. The van der Waals surface area contributed by atoms with Crippen molar-refractivity contribution in [3.05, 3.63) is 68.4 Å². The van der Waals surface area contributed by atoms with Gasteiger partial charge in [0, 0.05) is 16.1 Å². The van der Waals surface area contributed by atoms with Gasteiger partial charge in [0.1, 0.15) is 17.5 Å². The lowest BCUT2D eigenvalue weighted by Crippen LogP contribution is -2.16. The Kier molecular flexibility index (Phi) is 4.73. The van der Waals surface area contributed by atoms with E-state index in [9.17, 15) is 13.2 Å². The second kappa shape index (κ2) is 6.16. The van der Waals surface area contributed by atoms with Crippen LogP contribution in [0.1, 0.15) is 17.2 Å². The van der Waals surface area contributed by atoms with Gasteiger partial charge in [-0.05, 0) is 36.2 Å². The zero-order valence-corrected chi connectivity index (χ0v) is 12.5. The lowest BCUT2D eigenvalue weighted by Gasteiger charge is -2.15. The molecule has 6 heteroatoms. The summed E-state index contributed by atoms with van der Waals surface area (Å²) in [4.78, 5) is 0. The third-order valence-corrected chi connectivity index (χ3v) is 3.92. The fourth-order valence-corrected chi connectivity index (χ4v) is 2.52. The van der Waals surface area contributed by atoms with Crippen molar-refractivity contribution in [2.45, 2.75) is 12.5 Å². The summed E-state index contributed by atoms with van der Waals surface area (Å²) in [5.41, 5.74) is 6.62. The van der Waals surface area contributed by atoms with E-state index in [1.54, 1.807) is 6.07 Å². The number of benzene rings is 2. The number of halogens is 5. The minimum absolute atomic E-state index is 0.0307. The Balaban J connectivity index is 2.28. The van der Waals surface area contributed by atoms with Gasteiger partial charge >= 0.3 is 0 Å². The van der Waals surface area contributed by atoms with E-state index in [2.05, 4.69) is 15.9 Å². The molecule has 20 heavy (non-hydrogen) atoms. The van der Waals surface area contributed by atoms with E-state index < -0.39 is 23.5 Å². The van der Waals surface area contributed by atoms with Crippen LogP contribution in [0.5, 0.6) is 0 Å². The molecule has 0 saturated heterocycles. The standard InChI is InChI=1S/C14H10BrClF3N/c15-10-4-8(17)2-1-7(10)3-14(20)9-5-13(19)11(16)6-12(9)18/h1-2,4-6,14H,3,20H2. The first-order chi connectivity index (χ1) is 9.38. The molecule has 0 aliphatic heterocycles. The highest BCUT2D eigenvalue weighted by atomic mass is 79.9. The van der Waals surface area contributed by atoms with Crippen LogP contribution >= 0.6 is 27.5 Å². The molecule has 106 valence electrons. The molecule has 2 aromatic carbocycles. The molecule has 2 rings (SSSR count). The molecule has 0 fully saturated rings. The van der Waals surface area contributed by atoms with Crippen LogP contribution < -0.4 is 5.73 Å². The third kappa shape index (κ3) is 3.34. The van der Waals surface area contributed by atoms with Crippen LogP contribution in [0.2, 0.25) is 5.02 Å². The largest absolute Gasteiger partial charge is 0.324 e. The molecule has 0 saturated carbocycles. The summed E-state index contributed by atoms with van der Waals surface area (Å²) in [6.07, 6.45) is 0.235. The number of hydrogen-bond acceptors (Lipinski definition) is 1. The normalized spacial score (nSPS) is 12.5. The van der Waals surface area contributed by atoms with E-state index >= 15 is 0 Å². The lowest BCUT2D eigenvalue weighted by atomic mass is 9.99. The van der Waals surface area contributed by atoms with Gasteiger partial charge in [0.25, 0.3) is 0 Å². The Bertz CT molecular complexity index is 649. The molecule has 0 aliphatic carbocycles. The predicted octanol–water partition coefficient (Wildman–Crippen LogP) is 4.76. The van der Waals surface area contributed by atoms with Gasteiger partial charge in [0.05, 0.1) is 5.02 Å². The van der Waals surface area contributed by atoms with Gasteiger partial charge < -0.3 is 5.73 Å². The van der Waals surface area contributed by atoms with Crippen molar-refractivity contribution < 1.29 is 13.2 Å². The van der Waals surface area contributed by atoms with Crippen LogP contribution in [-0.2, 0) is 6.42 Å². The van der Waals surface area contributed by atoms with Crippen LogP contribution in [0.3, 0.4) is 0 Å². The minimum Gasteiger partial charge on any atom is -0.324 e. The molecule has 1 unspecified atom stereocenters. The maximum atomic E-state index is 13.7. The van der Waals surface area contributed by atoms with Gasteiger partial charge in [-0.3, -0.25) is 0 Å². The molecule has 0 aromatic heterocycles. The van der Waals surface area contributed by atoms with Gasteiger partial charge in [0.2, 0.25) is 0 Å². The molecule has 2 aromatic rings. The monoisotopic (exact) mass is 363 g/mol. The molecule has 0 radical (unpaired) electrons. The van der Waals surface area contributed by atoms with E-state index in [0.29, 0.717) is 10.0 Å². The van der Waals surface area contributed by atoms with Crippen LogP contribution in [0.15, 0.2) is 34.8 Å². The summed E-state index contributed by atoms with van der Waals surface area (Å²) in [6.45, 7) is 0. The van der Waals surface area contributed by atoms with Crippen molar-refractivity contribution in [2.75, 3.05) is 0 Å². The van der Waals surface area contributed by atoms with Gasteiger partial charge in [-0.1, -0.05) is 33.6 Å².